The fourth-order valence-corrected chi connectivity index (χ4v) is 5.72. The first-order valence-electron chi connectivity index (χ1n) is 9.62. The lowest BCUT2D eigenvalue weighted by atomic mass is 10.1. The minimum Gasteiger partial charge on any atom is -0.356 e. The summed E-state index contributed by atoms with van der Waals surface area (Å²) in [4.78, 5) is 9.02. The second-order valence-electron chi connectivity index (χ2n) is 7.48. The maximum Gasteiger partial charge on any atom is 0.191 e. The van der Waals surface area contributed by atoms with Gasteiger partial charge in [0, 0.05) is 24.8 Å². The summed E-state index contributed by atoms with van der Waals surface area (Å²) in [6.45, 7) is 1.11. The Morgan fingerprint density at radius 3 is 2.79 bits per heavy atom. The third-order valence-corrected chi connectivity index (χ3v) is 7.19. The van der Waals surface area contributed by atoms with Crippen LogP contribution in [0.3, 0.4) is 0 Å². The Morgan fingerprint density at radius 2 is 2.04 bits per heavy atom. The molecule has 28 heavy (non-hydrogen) atoms. The maximum atomic E-state index is 11.7. The molecule has 4 rings (SSSR count). The summed E-state index contributed by atoms with van der Waals surface area (Å²) in [6, 6.07) is 4.22. The van der Waals surface area contributed by atoms with Gasteiger partial charge in [0.05, 0.1) is 29.9 Å². The number of halogens is 1. The first-order valence-corrected chi connectivity index (χ1v) is 11.4. The highest BCUT2D eigenvalue weighted by molar-refractivity contribution is 14.0. The maximum absolute atomic E-state index is 11.7. The normalized spacial score (nSPS) is 22.3. The van der Waals surface area contributed by atoms with Crippen LogP contribution in [0.1, 0.15) is 37.8 Å². The molecule has 2 aromatic rings. The van der Waals surface area contributed by atoms with Crippen LogP contribution in [0.25, 0.3) is 5.65 Å². The van der Waals surface area contributed by atoms with E-state index >= 15 is 0 Å². The van der Waals surface area contributed by atoms with Crippen LogP contribution >= 0.6 is 24.0 Å². The highest BCUT2D eigenvalue weighted by Gasteiger charge is 2.28. The molecular formula is C18H27IN6O2S. The second kappa shape index (κ2) is 9.38. The Bertz CT molecular complexity index is 923. The molecule has 1 atom stereocenters. The third kappa shape index (κ3) is 5.34. The molecule has 8 nitrogen and oxygen atoms in total. The molecular weight excluding hydrogens is 491 g/mol. The molecule has 2 aliphatic rings. The molecule has 1 saturated carbocycles. The molecule has 0 radical (unpaired) electrons. The largest absolute Gasteiger partial charge is 0.356 e. The van der Waals surface area contributed by atoms with Crippen LogP contribution in [0, 0.1) is 5.92 Å². The fourth-order valence-electron chi connectivity index (χ4n) is 3.86. The summed E-state index contributed by atoms with van der Waals surface area (Å²) in [5.74, 6) is 1.48. The van der Waals surface area contributed by atoms with Crippen LogP contribution in [0.5, 0.6) is 0 Å². The SMILES string of the molecule is I.O=S1(=O)CCC(CNC(=NCc2ccnc3ccnn23)NC2CCCC2)C1. The third-order valence-electron chi connectivity index (χ3n) is 5.35. The minimum atomic E-state index is -2.86. The van der Waals surface area contributed by atoms with E-state index in [1.807, 2.05) is 12.1 Å². The number of hydrogen-bond acceptors (Lipinski definition) is 5. The molecule has 0 bridgehead atoms. The van der Waals surface area contributed by atoms with Gasteiger partial charge in [0.15, 0.2) is 21.4 Å². The monoisotopic (exact) mass is 518 g/mol. The molecule has 0 amide bonds. The molecule has 3 heterocycles. The van der Waals surface area contributed by atoms with E-state index in [1.54, 1.807) is 16.9 Å². The number of hydrogen-bond donors (Lipinski definition) is 2. The molecule has 2 N–H and O–H groups in total. The van der Waals surface area contributed by atoms with Crippen molar-refractivity contribution in [3.8, 4) is 0 Å². The molecule has 154 valence electrons. The van der Waals surface area contributed by atoms with E-state index in [2.05, 4.69) is 20.7 Å². The fraction of sp³-hybridized carbons (Fsp3) is 0.611. The van der Waals surface area contributed by atoms with Crippen molar-refractivity contribution in [3.63, 3.8) is 0 Å². The van der Waals surface area contributed by atoms with Crippen LogP contribution in [0.15, 0.2) is 29.5 Å². The number of aliphatic imine (C=N–C) groups is 1. The molecule has 2 aromatic heterocycles. The van der Waals surface area contributed by atoms with Gasteiger partial charge in [-0.15, -0.1) is 24.0 Å². The van der Waals surface area contributed by atoms with Crippen molar-refractivity contribution < 1.29 is 8.42 Å². The molecule has 1 aliphatic carbocycles. The lowest BCUT2D eigenvalue weighted by Gasteiger charge is -2.19. The number of nitrogens with zero attached hydrogens (tertiary/aromatic N) is 4. The number of sulfone groups is 1. The number of guanidine groups is 1. The Labute approximate surface area is 182 Å². The summed E-state index contributed by atoms with van der Waals surface area (Å²) in [6.07, 6.45) is 9.00. The van der Waals surface area contributed by atoms with Crippen molar-refractivity contribution in [3.05, 3.63) is 30.2 Å². The summed E-state index contributed by atoms with van der Waals surface area (Å²) in [7, 11) is -2.86. The van der Waals surface area contributed by atoms with Gasteiger partial charge >= 0.3 is 0 Å². The predicted molar refractivity (Wildman–Crippen MR) is 120 cm³/mol. The van der Waals surface area contributed by atoms with E-state index in [0.717, 1.165) is 36.6 Å². The summed E-state index contributed by atoms with van der Waals surface area (Å²) >= 11 is 0. The van der Waals surface area contributed by atoms with E-state index in [4.69, 9.17) is 4.99 Å². The van der Waals surface area contributed by atoms with Gasteiger partial charge in [-0.1, -0.05) is 12.8 Å². The van der Waals surface area contributed by atoms with Gasteiger partial charge < -0.3 is 10.6 Å². The highest BCUT2D eigenvalue weighted by Crippen LogP contribution is 2.19. The zero-order chi connectivity index (χ0) is 18.7. The lowest BCUT2D eigenvalue weighted by Crippen LogP contribution is -2.44. The van der Waals surface area contributed by atoms with Crippen molar-refractivity contribution >= 4 is 45.4 Å². The number of fused-ring (bicyclic) bond motifs is 1. The molecule has 1 saturated heterocycles. The molecule has 0 aromatic carbocycles. The topological polar surface area (TPSA) is 101 Å². The first-order chi connectivity index (χ1) is 13.1. The summed E-state index contributed by atoms with van der Waals surface area (Å²) < 4.78 is 25.2. The van der Waals surface area contributed by atoms with E-state index in [9.17, 15) is 8.42 Å². The zero-order valence-electron chi connectivity index (χ0n) is 15.7. The van der Waals surface area contributed by atoms with E-state index in [-0.39, 0.29) is 35.6 Å². The van der Waals surface area contributed by atoms with Gasteiger partial charge in [-0.2, -0.15) is 5.10 Å². The van der Waals surface area contributed by atoms with Gasteiger partial charge in [0.25, 0.3) is 0 Å². The van der Waals surface area contributed by atoms with Crippen molar-refractivity contribution in [2.24, 2.45) is 10.9 Å². The van der Waals surface area contributed by atoms with Crippen LogP contribution in [-0.2, 0) is 16.4 Å². The Morgan fingerprint density at radius 1 is 1.21 bits per heavy atom. The zero-order valence-corrected chi connectivity index (χ0v) is 18.9. The predicted octanol–water partition coefficient (Wildman–Crippen LogP) is 1.76. The van der Waals surface area contributed by atoms with Gasteiger partial charge in [0.1, 0.15) is 0 Å². The van der Waals surface area contributed by atoms with E-state index in [0.29, 0.717) is 24.9 Å². The standard InChI is InChI=1S/C18H26N6O2S.HI/c25-27(26)10-7-14(13-27)11-20-18(23-15-3-1-2-4-15)21-12-16-5-8-19-17-6-9-22-24(16)17;/h5-6,8-9,14-15H,1-4,7,10-13H2,(H2,20,21,23);1H. The van der Waals surface area contributed by atoms with Crippen molar-refractivity contribution in [2.45, 2.75) is 44.7 Å². The summed E-state index contributed by atoms with van der Waals surface area (Å²) in [5, 5.41) is 11.2. The average molecular weight is 518 g/mol. The van der Waals surface area contributed by atoms with Crippen LogP contribution in [-0.4, -0.2) is 53.1 Å². The quantitative estimate of drug-likeness (QED) is 0.356. The van der Waals surface area contributed by atoms with Crippen LogP contribution in [0.2, 0.25) is 0 Å². The van der Waals surface area contributed by atoms with Crippen molar-refractivity contribution in [1.82, 2.24) is 25.2 Å². The smallest absolute Gasteiger partial charge is 0.191 e. The second-order valence-corrected chi connectivity index (χ2v) is 9.71. The van der Waals surface area contributed by atoms with Gasteiger partial charge in [-0.25, -0.2) is 22.9 Å². The lowest BCUT2D eigenvalue weighted by molar-refractivity contribution is 0.553. The summed E-state index contributed by atoms with van der Waals surface area (Å²) in [5.41, 5.74) is 1.76. The average Bonchev–Trinajstić information content (AvgIpc) is 3.38. The molecule has 1 aliphatic heterocycles. The highest BCUT2D eigenvalue weighted by atomic mass is 127. The van der Waals surface area contributed by atoms with Gasteiger partial charge in [-0.3, -0.25) is 0 Å². The van der Waals surface area contributed by atoms with Crippen LogP contribution in [0.4, 0.5) is 0 Å². The molecule has 10 heteroatoms. The molecule has 1 unspecified atom stereocenters. The number of rotatable bonds is 5. The van der Waals surface area contributed by atoms with Crippen molar-refractivity contribution in [1.29, 1.82) is 0 Å². The van der Waals surface area contributed by atoms with Gasteiger partial charge in [0.2, 0.25) is 0 Å². The van der Waals surface area contributed by atoms with E-state index < -0.39 is 9.84 Å². The molecule has 2 fully saturated rings. The van der Waals surface area contributed by atoms with Crippen LogP contribution < -0.4 is 10.6 Å². The van der Waals surface area contributed by atoms with E-state index in [1.165, 1.54) is 12.8 Å². The Kier molecular flexibility index (Phi) is 7.13. The van der Waals surface area contributed by atoms with Crippen molar-refractivity contribution in [2.75, 3.05) is 18.1 Å². The number of nitrogens with one attached hydrogen (secondary N) is 2. The Balaban J connectivity index is 0.00000225. The van der Waals surface area contributed by atoms with Gasteiger partial charge in [-0.05, 0) is 31.2 Å². The molecule has 0 spiro atoms. The number of aromatic nitrogens is 3. The minimum absolute atomic E-state index is 0. The first kappa shape index (κ1) is 21.3. The Hall–Kier alpha value is -1.43.